The summed E-state index contributed by atoms with van der Waals surface area (Å²) < 4.78 is 16.1. The first kappa shape index (κ1) is 14.0. The molecule has 1 aromatic carbocycles. The first-order chi connectivity index (χ1) is 9.28. The molecule has 0 saturated carbocycles. The zero-order chi connectivity index (χ0) is 13.7. The Morgan fingerprint density at radius 3 is 2.21 bits per heavy atom. The molecule has 0 bridgehead atoms. The number of hydrogen-bond acceptors (Lipinski definition) is 4. The van der Waals surface area contributed by atoms with E-state index in [1.807, 2.05) is 12.1 Å². The highest BCUT2D eigenvalue weighted by atomic mass is 16.5. The van der Waals surface area contributed by atoms with Gasteiger partial charge in [-0.3, -0.25) is 0 Å². The molecule has 1 fully saturated rings. The molecule has 1 aromatic rings. The summed E-state index contributed by atoms with van der Waals surface area (Å²) in [5.41, 5.74) is 1.22. The summed E-state index contributed by atoms with van der Waals surface area (Å²) in [6.07, 6.45) is 4.82. The lowest BCUT2D eigenvalue weighted by Gasteiger charge is -2.24. The Bertz CT molecular complexity index is 389. The number of rotatable bonds is 5. The molecule has 0 aromatic heterocycles. The molecular formula is C15H23NO3. The van der Waals surface area contributed by atoms with Crippen molar-refractivity contribution in [3.63, 3.8) is 0 Å². The van der Waals surface area contributed by atoms with Crippen molar-refractivity contribution in [3.05, 3.63) is 17.7 Å². The largest absolute Gasteiger partial charge is 0.493 e. The van der Waals surface area contributed by atoms with E-state index in [4.69, 9.17) is 14.2 Å². The fraction of sp³-hybridized carbons (Fsp3) is 0.600. The molecule has 19 heavy (non-hydrogen) atoms. The molecule has 0 spiro atoms. The fourth-order valence-electron chi connectivity index (χ4n) is 2.64. The third-order valence-corrected chi connectivity index (χ3v) is 3.62. The Kier molecular flexibility index (Phi) is 4.91. The van der Waals surface area contributed by atoms with E-state index in [0.29, 0.717) is 11.8 Å². The molecule has 1 saturated heterocycles. The Labute approximate surface area is 115 Å². The Morgan fingerprint density at radius 1 is 1.05 bits per heavy atom. The van der Waals surface area contributed by atoms with Gasteiger partial charge in [0.15, 0.2) is 11.5 Å². The highest BCUT2D eigenvalue weighted by molar-refractivity contribution is 5.53. The van der Waals surface area contributed by atoms with Gasteiger partial charge in [0, 0.05) is 6.04 Å². The summed E-state index contributed by atoms with van der Waals surface area (Å²) in [5, 5.41) is 3.56. The summed E-state index contributed by atoms with van der Waals surface area (Å²) in [4.78, 5) is 0. The smallest absolute Gasteiger partial charge is 0.203 e. The molecule has 1 atom stereocenters. The van der Waals surface area contributed by atoms with Gasteiger partial charge in [0.1, 0.15) is 0 Å². The van der Waals surface area contributed by atoms with Crippen molar-refractivity contribution in [2.45, 2.75) is 31.7 Å². The summed E-state index contributed by atoms with van der Waals surface area (Å²) in [7, 11) is 4.93. The molecule has 1 unspecified atom stereocenters. The van der Waals surface area contributed by atoms with Gasteiger partial charge in [-0.1, -0.05) is 6.42 Å². The van der Waals surface area contributed by atoms with Crippen molar-refractivity contribution in [1.82, 2.24) is 5.32 Å². The fourth-order valence-corrected chi connectivity index (χ4v) is 2.64. The standard InChI is InChI=1S/C15H23NO3/c1-17-13-9-11(8-12-6-4-5-7-16-12)10-14(18-2)15(13)19-3/h9-10,12,16H,4-8H2,1-3H3. The maximum atomic E-state index is 5.38. The van der Waals surface area contributed by atoms with Crippen LogP contribution in [0.5, 0.6) is 17.2 Å². The van der Waals surface area contributed by atoms with Crippen molar-refractivity contribution in [2.24, 2.45) is 0 Å². The first-order valence-corrected chi connectivity index (χ1v) is 6.80. The van der Waals surface area contributed by atoms with E-state index in [-0.39, 0.29) is 0 Å². The van der Waals surface area contributed by atoms with Crippen LogP contribution in [-0.4, -0.2) is 33.9 Å². The van der Waals surface area contributed by atoms with Crippen molar-refractivity contribution >= 4 is 0 Å². The van der Waals surface area contributed by atoms with Gasteiger partial charge in [0.25, 0.3) is 0 Å². The van der Waals surface area contributed by atoms with E-state index in [0.717, 1.165) is 24.5 Å². The molecule has 2 rings (SSSR count). The second-order valence-electron chi connectivity index (χ2n) is 4.88. The molecule has 4 nitrogen and oxygen atoms in total. The van der Waals surface area contributed by atoms with E-state index in [1.165, 1.54) is 24.8 Å². The molecule has 4 heteroatoms. The average Bonchev–Trinajstić information content (AvgIpc) is 2.47. The van der Waals surface area contributed by atoms with Crippen LogP contribution in [-0.2, 0) is 6.42 Å². The van der Waals surface area contributed by atoms with Crippen molar-refractivity contribution in [2.75, 3.05) is 27.9 Å². The molecule has 106 valence electrons. The van der Waals surface area contributed by atoms with Crippen molar-refractivity contribution in [3.8, 4) is 17.2 Å². The van der Waals surface area contributed by atoms with Crippen LogP contribution in [0.2, 0.25) is 0 Å². The van der Waals surface area contributed by atoms with Crippen LogP contribution in [0.3, 0.4) is 0 Å². The third-order valence-electron chi connectivity index (χ3n) is 3.62. The summed E-state index contributed by atoms with van der Waals surface area (Å²) >= 11 is 0. The molecule has 0 amide bonds. The van der Waals surface area contributed by atoms with E-state index in [1.54, 1.807) is 21.3 Å². The normalized spacial score (nSPS) is 19.0. The predicted octanol–water partition coefficient (Wildman–Crippen LogP) is 2.40. The minimum atomic E-state index is 0.552. The minimum absolute atomic E-state index is 0.552. The zero-order valence-corrected chi connectivity index (χ0v) is 12.0. The molecule has 1 aliphatic rings. The summed E-state index contributed by atoms with van der Waals surface area (Å²) in [6, 6.07) is 4.63. The van der Waals surface area contributed by atoms with Gasteiger partial charge in [-0.15, -0.1) is 0 Å². The lowest BCUT2D eigenvalue weighted by molar-refractivity contribution is 0.323. The van der Waals surface area contributed by atoms with E-state index in [9.17, 15) is 0 Å². The summed E-state index contributed by atoms with van der Waals surface area (Å²) in [5.74, 6) is 2.12. The quantitative estimate of drug-likeness (QED) is 0.887. The van der Waals surface area contributed by atoms with E-state index in [2.05, 4.69) is 5.32 Å². The molecule has 1 aliphatic heterocycles. The van der Waals surface area contributed by atoms with Gasteiger partial charge in [-0.25, -0.2) is 0 Å². The van der Waals surface area contributed by atoms with Gasteiger partial charge in [0.2, 0.25) is 5.75 Å². The van der Waals surface area contributed by atoms with E-state index < -0.39 is 0 Å². The Morgan fingerprint density at radius 2 is 1.74 bits per heavy atom. The second kappa shape index (κ2) is 6.66. The van der Waals surface area contributed by atoms with Crippen LogP contribution in [0.15, 0.2) is 12.1 Å². The van der Waals surface area contributed by atoms with Gasteiger partial charge >= 0.3 is 0 Å². The van der Waals surface area contributed by atoms with Gasteiger partial charge in [-0.05, 0) is 43.5 Å². The summed E-state index contributed by atoms with van der Waals surface area (Å²) in [6.45, 7) is 1.12. The molecular weight excluding hydrogens is 242 g/mol. The highest BCUT2D eigenvalue weighted by Gasteiger charge is 2.17. The number of ether oxygens (including phenoxy) is 3. The van der Waals surface area contributed by atoms with Crippen LogP contribution in [0.25, 0.3) is 0 Å². The zero-order valence-electron chi connectivity index (χ0n) is 12.0. The Hall–Kier alpha value is -1.42. The number of nitrogens with one attached hydrogen (secondary N) is 1. The van der Waals surface area contributed by atoms with Crippen molar-refractivity contribution < 1.29 is 14.2 Å². The highest BCUT2D eigenvalue weighted by Crippen LogP contribution is 2.38. The van der Waals surface area contributed by atoms with Gasteiger partial charge in [-0.2, -0.15) is 0 Å². The maximum Gasteiger partial charge on any atom is 0.203 e. The van der Waals surface area contributed by atoms with Crippen LogP contribution in [0.4, 0.5) is 0 Å². The van der Waals surface area contributed by atoms with Gasteiger partial charge < -0.3 is 19.5 Å². The molecule has 1 heterocycles. The third kappa shape index (κ3) is 3.32. The number of piperidine rings is 1. The van der Waals surface area contributed by atoms with Crippen LogP contribution < -0.4 is 19.5 Å². The van der Waals surface area contributed by atoms with Crippen LogP contribution in [0.1, 0.15) is 24.8 Å². The topological polar surface area (TPSA) is 39.7 Å². The number of hydrogen-bond donors (Lipinski definition) is 1. The average molecular weight is 265 g/mol. The minimum Gasteiger partial charge on any atom is -0.493 e. The van der Waals surface area contributed by atoms with Crippen LogP contribution >= 0.6 is 0 Å². The maximum absolute atomic E-state index is 5.38. The monoisotopic (exact) mass is 265 g/mol. The SMILES string of the molecule is COc1cc(CC2CCCCN2)cc(OC)c1OC. The van der Waals surface area contributed by atoms with E-state index >= 15 is 0 Å². The van der Waals surface area contributed by atoms with Crippen molar-refractivity contribution in [1.29, 1.82) is 0 Å². The lowest BCUT2D eigenvalue weighted by Crippen LogP contribution is -2.35. The number of benzene rings is 1. The molecule has 0 radical (unpaired) electrons. The second-order valence-corrected chi connectivity index (χ2v) is 4.88. The van der Waals surface area contributed by atoms with Crippen LogP contribution in [0, 0.1) is 0 Å². The Balaban J connectivity index is 2.20. The first-order valence-electron chi connectivity index (χ1n) is 6.80. The number of methoxy groups -OCH3 is 3. The predicted molar refractivity (Wildman–Crippen MR) is 75.4 cm³/mol. The van der Waals surface area contributed by atoms with Gasteiger partial charge in [0.05, 0.1) is 21.3 Å². The molecule has 0 aliphatic carbocycles. The lowest BCUT2D eigenvalue weighted by atomic mass is 9.97. The molecule has 1 N–H and O–H groups in total.